The van der Waals surface area contributed by atoms with Gasteiger partial charge in [0.25, 0.3) is 0 Å². The standard InChI is InChI=1S/C18H29N/c1-16(2)8-9-18-11-14-19(15-12-18)13-10-17-6-4-3-5-7-17/h3-7,16,18H,8-15H2,1-2H3. The monoisotopic (exact) mass is 259 g/mol. The van der Waals surface area contributed by atoms with E-state index < -0.39 is 0 Å². The zero-order valence-electron chi connectivity index (χ0n) is 12.6. The molecule has 0 saturated carbocycles. The largest absolute Gasteiger partial charge is 0.303 e. The van der Waals surface area contributed by atoms with Crippen molar-refractivity contribution in [2.45, 2.75) is 46.0 Å². The van der Waals surface area contributed by atoms with Crippen LogP contribution in [0.25, 0.3) is 0 Å². The Balaban J connectivity index is 1.63. The average molecular weight is 259 g/mol. The molecule has 0 aromatic heterocycles. The van der Waals surface area contributed by atoms with Crippen LogP contribution in [0.5, 0.6) is 0 Å². The van der Waals surface area contributed by atoms with Crippen LogP contribution in [0, 0.1) is 11.8 Å². The fraction of sp³-hybridized carbons (Fsp3) is 0.667. The topological polar surface area (TPSA) is 3.24 Å². The first-order valence-corrected chi connectivity index (χ1v) is 8.00. The van der Waals surface area contributed by atoms with Crippen LogP contribution in [0.4, 0.5) is 0 Å². The molecule has 1 saturated heterocycles. The molecule has 1 aliphatic heterocycles. The molecule has 106 valence electrons. The van der Waals surface area contributed by atoms with Crippen molar-refractivity contribution in [3.8, 4) is 0 Å². The van der Waals surface area contributed by atoms with Crippen molar-refractivity contribution in [2.24, 2.45) is 11.8 Å². The lowest BCUT2D eigenvalue weighted by Crippen LogP contribution is -2.35. The van der Waals surface area contributed by atoms with Gasteiger partial charge in [-0.25, -0.2) is 0 Å². The van der Waals surface area contributed by atoms with Crippen LogP contribution >= 0.6 is 0 Å². The minimum atomic E-state index is 0.871. The van der Waals surface area contributed by atoms with Crippen LogP contribution in [-0.2, 0) is 6.42 Å². The van der Waals surface area contributed by atoms with Gasteiger partial charge in [0.05, 0.1) is 0 Å². The van der Waals surface area contributed by atoms with Crippen LogP contribution in [0.3, 0.4) is 0 Å². The van der Waals surface area contributed by atoms with Crippen molar-refractivity contribution in [2.75, 3.05) is 19.6 Å². The summed E-state index contributed by atoms with van der Waals surface area (Å²) in [6.07, 6.45) is 6.90. The number of piperidine rings is 1. The molecule has 0 aliphatic carbocycles. The van der Waals surface area contributed by atoms with Gasteiger partial charge in [-0.3, -0.25) is 0 Å². The highest BCUT2D eigenvalue weighted by atomic mass is 15.1. The number of hydrogen-bond donors (Lipinski definition) is 0. The highest BCUT2D eigenvalue weighted by Crippen LogP contribution is 2.23. The van der Waals surface area contributed by atoms with Crippen molar-refractivity contribution in [3.63, 3.8) is 0 Å². The van der Waals surface area contributed by atoms with Gasteiger partial charge in [0.2, 0.25) is 0 Å². The van der Waals surface area contributed by atoms with E-state index in [-0.39, 0.29) is 0 Å². The van der Waals surface area contributed by atoms with Crippen molar-refractivity contribution in [1.29, 1.82) is 0 Å². The summed E-state index contributed by atoms with van der Waals surface area (Å²) in [4.78, 5) is 2.65. The summed E-state index contributed by atoms with van der Waals surface area (Å²) in [5, 5.41) is 0. The zero-order chi connectivity index (χ0) is 13.5. The molecule has 2 rings (SSSR count). The van der Waals surface area contributed by atoms with Crippen LogP contribution in [0.15, 0.2) is 30.3 Å². The second-order valence-corrected chi connectivity index (χ2v) is 6.49. The van der Waals surface area contributed by atoms with E-state index in [9.17, 15) is 0 Å². The Hall–Kier alpha value is -0.820. The Morgan fingerprint density at radius 1 is 1.11 bits per heavy atom. The fourth-order valence-corrected chi connectivity index (χ4v) is 3.00. The van der Waals surface area contributed by atoms with Gasteiger partial charge in [-0.1, -0.05) is 57.0 Å². The molecule has 0 bridgehead atoms. The van der Waals surface area contributed by atoms with E-state index in [2.05, 4.69) is 49.1 Å². The molecule has 0 radical (unpaired) electrons. The van der Waals surface area contributed by atoms with E-state index in [0.717, 1.165) is 11.8 Å². The van der Waals surface area contributed by atoms with Crippen molar-refractivity contribution in [1.82, 2.24) is 4.90 Å². The first-order valence-electron chi connectivity index (χ1n) is 8.00. The molecule has 1 heterocycles. The summed E-state index contributed by atoms with van der Waals surface area (Å²) in [6, 6.07) is 10.9. The number of likely N-dealkylation sites (tertiary alicyclic amines) is 1. The summed E-state index contributed by atoms with van der Waals surface area (Å²) >= 11 is 0. The molecular formula is C18H29N. The van der Waals surface area contributed by atoms with Crippen LogP contribution < -0.4 is 0 Å². The molecule has 1 heteroatoms. The number of benzene rings is 1. The number of rotatable bonds is 6. The van der Waals surface area contributed by atoms with Gasteiger partial charge in [0.15, 0.2) is 0 Å². The molecule has 1 aliphatic rings. The molecule has 0 amide bonds. The second-order valence-electron chi connectivity index (χ2n) is 6.49. The third kappa shape index (κ3) is 5.36. The molecule has 0 N–H and O–H groups in total. The van der Waals surface area contributed by atoms with E-state index >= 15 is 0 Å². The Morgan fingerprint density at radius 3 is 2.42 bits per heavy atom. The Labute approximate surface area is 119 Å². The Bertz CT molecular complexity index is 336. The molecule has 0 unspecified atom stereocenters. The maximum atomic E-state index is 2.65. The molecule has 1 aromatic rings. The average Bonchev–Trinajstić information content (AvgIpc) is 2.45. The van der Waals surface area contributed by atoms with Crippen molar-refractivity contribution in [3.05, 3.63) is 35.9 Å². The summed E-state index contributed by atoms with van der Waals surface area (Å²) in [5.74, 6) is 1.87. The Morgan fingerprint density at radius 2 is 1.79 bits per heavy atom. The lowest BCUT2D eigenvalue weighted by molar-refractivity contribution is 0.176. The first-order chi connectivity index (χ1) is 9.24. The first kappa shape index (κ1) is 14.6. The molecule has 1 nitrogen and oxygen atoms in total. The predicted molar refractivity (Wildman–Crippen MR) is 83.4 cm³/mol. The van der Waals surface area contributed by atoms with E-state index in [1.165, 1.54) is 57.3 Å². The smallest absolute Gasteiger partial charge is 0.00218 e. The van der Waals surface area contributed by atoms with Crippen molar-refractivity contribution < 1.29 is 0 Å². The molecule has 1 fully saturated rings. The van der Waals surface area contributed by atoms with Gasteiger partial charge in [0.1, 0.15) is 0 Å². The van der Waals surface area contributed by atoms with E-state index in [0.29, 0.717) is 0 Å². The lowest BCUT2D eigenvalue weighted by atomic mass is 9.89. The normalized spacial score (nSPS) is 18.1. The molecule has 1 aromatic carbocycles. The zero-order valence-corrected chi connectivity index (χ0v) is 12.6. The fourth-order valence-electron chi connectivity index (χ4n) is 3.00. The van der Waals surface area contributed by atoms with Crippen molar-refractivity contribution >= 4 is 0 Å². The predicted octanol–water partition coefficient (Wildman–Crippen LogP) is 4.38. The lowest BCUT2D eigenvalue weighted by Gasteiger charge is -2.32. The summed E-state index contributed by atoms with van der Waals surface area (Å²) < 4.78 is 0. The summed E-state index contributed by atoms with van der Waals surface area (Å²) in [7, 11) is 0. The number of nitrogens with zero attached hydrogens (tertiary/aromatic N) is 1. The third-order valence-electron chi connectivity index (χ3n) is 4.42. The van der Waals surface area contributed by atoms with Gasteiger partial charge in [0, 0.05) is 6.54 Å². The maximum absolute atomic E-state index is 2.65. The third-order valence-corrected chi connectivity index (χ3v) is 4.42. The van der Waals surface area contributed by atoms with Crippen LogP contribution in [0.1, 0.15) is 45.1 Å². The van der Waals surface area contributed by atoms with E-state index in [1.807, 2.05) is 0 Å². The minimum Gasteiger partial charge on any atom is -0.303 e. The number of hydrogen-bond acceptors (Lipinski definition) is 1. The van der Waals surface area contributed by atoms with Gasteiger partial charge in [-0.15, -0.1) is 0 Å². The van der Waals surface area contributed by atoms with Crippen LogP contribution in [0.2, 0.25) is 0 Å². The van der Waals surface area contributed by atoms with Gasteiger partial charge >= 0.3 is 0 Å². The van der Waals surface area contributed by atoms with Crippen LogP contribution in [-0.4, -0.2) is 24.5 Å². The summed E-state index contributed by atoms with van der Waals surface area (Å²) in [5.41, 5.74) is 1.48. The quantitative estimate of drug-likeness (QED) is 0.733. The minimum absolute atomic E-state index is 0.871. The van der Waals surface area contributed by atoms with E-state index in [4.69, 9.17) is 0 Å². The molecule has 0 spiro atoms. The summed E-state index contributed by atoms with van der Waals surface area (Å²) in [6.45, 7) is 8.55. The molecule has 0 atom stereocenters. The SMILES string of the molecule is CC(C)CCC1CCN(CCc2ccccc2)CC1. The van der Waals surface area contributed by atoms with Gasteiger partial charge < -0.3 is 4.90 Å². The maximum Gasteiger partial charge on any atom is 0.00218 e. The van der Waals surface area contributed by atoms with Gasteiger partial charge in [-0.2, -0.15) is 0 Å². The van der Waals surface area contributed by atoms with Gasteiger partial charge in [-0.05, 0) is 49.8 Å². The second kappa shape index (κ2) is 7.69. The molecule has 19 heavy (non-hydrogen) atoms. The highest BCUT2D eigenvalue weighted by Gasteiger charge is 2.18. The highest BCUT2D eigenvalue weighted by molar-refractivity contribution is 5.14. The van der Waals surface area contributed by atoms with E-state index in [1.54, 1.807) is 0 Å². The Kier molecular flexibility index (Phi) is 5.91. The molecular weight excluding hydrogens is 230 g/mol.